The first-order valence-electron chi connectivity index (χ1n) is 5.69. The summed E-state index contributed by atoms with van der Waals surface area (Å²) < 4.78 is 6.55. The van der Waals surface area contributed by atoms with E-state index in [0.29, 0.717) is 10.4 Å². The van der Waals surface area contributed by atoms with Crippen LogP contribution in [-0.2, 0) is 16.3 Å². The van der Waals surface area contributed by atoms with Gasteiger partial charge in [0.2, 0.25) is 0 Å². The van der Waals surface area contributed by atoms with Crippen LogP contribution in [0.5, 0.6) is 0 Å². The van der Waals surface area contributed by atoms with Gasteiger partial charge in [-0.15, -0.1) is 0 Å². The second-order valence-corrected chi connectivity index (χ2v) is 4.22. The molecule has 0 amide bonds. The lowest BCUT2D eigenvalue weighted by atomic mass is 10.2. The first-order valence-corrected chi connectivity index (χ1v) is 5.69. The summed E-state index contributed by atoms with van der Waals surface area (Å²) in [6, 6.07) is 0. The SMILES string of the molecule is COCn1cc(/C(C)=N/OC(C)C)c(=O)n(N)c1=O. The zero-order valence-corrected chi connectivity index (χ0v) is 11.4. The number of nitrogens with zero attached hydrogens (tertiary/aromatic N) is 3. The lowest BCUT2D eigenvalue weighted by molar-refractivity contribution is 0.0859. The second-order valence-electron chi connectivity index (χ2n) is 4.22. The molecular weight excluding hydrogens is 252 g/mol. The molecule has 0 aromatic carbocycles. The molecule has 0 aliphatic heterocycles. The van der Waals surface area contributed by atoms with Crippen molar-refractivity contribution in [1.29, 1.82) is 0 Å². The molecule has 0 radical (unpaired) electrons. The van der Waals surface area contributed by atoms with Crippen molar-refractivity contribution in [2.24, 2.45) is 5.16 Å². The minimum absolute atomic E-state index is 0.0123. The molecule has 1 aromatic heterocycles. The molecule has 0 atom stereocenters. The Balaban J connectivity index is 3.32. The summed E-state index contributed by atoms with van der Waals surface area (Å²) in [7, 11) is 1.43. The molecule has 8 nitrogen and oxygen atoms in total. The first-order chi connectivity index (χ1) is 8.88. The number of aromatic nitrogens is 2. The van der Waals surface area contributed by atoms with Crippen LogP contribution >= 0.6 is 0 Å². The van der Waals surface area contributed by atoms with Crippen LogP contribution in [-0.4, -0.2) is 28.2 Å². The van der Waals surface area contributed by atoms with Gasteiger partial charge >= 0.3 is 5.69 Å². The average Bonchev–Trinajstić information content (AvgIpc) is 2.36. The number of nitrogens with two attached hydrogens (primary N) is 1. The molecule has 2 N–H and O–H groups in total. The van der Waals surface area contributed by atoms with E-state index in [1.54, 1.807) is 6.92 Å². The van der Waals surface area contributed by atoms with E-state index in [0.717, 1.165) is 0 Å². The molecular formula is C11H18N4O4. The van der Waals surface area contributed by atoms with E-state index in [1.165, 1.54) is 17.9 Å². The van der Waals surface area contributed by atoms with E-state index in [2.05, 4.69) is 5.16 Å². The summed E-state index contributed by atoms with van der Waals surface area (Å²) in [5.41, 5.74) is -0.776. The largest absolute Gasteiger partial charge is 0.393 e. The second kappa shape index (κ2) is 6.19. The van der Waals surface area contributed by atoms with Crippen LogP contribution in [0, 0.1) is 0 Å². The lowest BCUT2D eigenvalue weighted by Gasteiger charge is -2.09. The van der Waals surface area contributed by atoms with Crippen LogP contribution in [0.2, 0.25) is 0 Å². The maximum atomic E-state index is 11.9. The highest BCUT2D eigenvalue weighted by atomic mass is 16.6. The fourth-order valence-electron chi connectivity index (χ4n) is 1.33. The molecule has 1 heterocycles. The average molecular weight is 270 g/mol. The summed E-state index contributed by atoms with van der Waals surface area (Å²) in [5.74, 6) is 5.43. The number of nitrogen functional groups attached to an aromatic ring is 1. The Labute approximate surface area is 110 Å². The van der Waals surface area contributed by atoms with Crippen LogP contribution < -0.4 is 17.1 Å². The number of hydrogen-bond acceptors (Lipinski definition) is 6. The highest BCUT2D eigenvalue weighted by Crippen LogP contribution is 1.97. The highest BCUT2D eigenvalue weighted by Gasteiger charge is 2.12. The quantitative estimate of drug-likeness (QED) is 0.440. The molecule has 0 fully saturated rings. The van der Waals surface area contributed by atoms with E-state index in [1.807, 2.05) is 13.8 Å². The zero-order valence-electron chi connectivity index (χ0n) is 11.4. The zero-order chi connectivity index (χ0) is 14.6. The first kappa shape index (κ1) is 15.0. The van der Waals surface area contributed by atoms with Gasteiger partial charge in [-0.05, 0) is 20.8 Å². The number of methoxy groups -OCH3 is 1. The fourth-order valence-corrected chi connectivity index (χ4v) is 1.33. The van der Waals surface area contributed by atoms with Crippen molar-refractivity contribution in [3.05, 3.63) is 32.6 Å². The smallest absolute Gasteiger partial charge is 0.351 e. The van der Waals surface area contributed by atoms with Crippen molar-refractivity contribution >= 4 is 5.71 Å². The fraction of sp³-hybridized carbons (Fsp3) is 0.545. The predicted octanol–water partition coefficient (Wildman–Crippen LogP) is -0.523. The molecule has 0 saturated heterocycles. The Morgan fingerprint density at radius 2 is 2.11 bits per heavy atom. The molecule has 106 valence electrons. The molecule has 0 bridgehead atoms. The van der Waals surface area contributed by atoms with Gasteiger partial charge < -0.3 is 15.4 Å². The van der Waals surface area contributed by atoms with Crippen LogP contribution in [0.15, 0.2) is 20.9 Å². The van der Waals surface area contributed by atoms with Gasteiger partial charge in [0.15, 0.2) is 0 Å². The van der Waals surface area contributed by atoms with E-state index in [-0.39, 0.29) is 18.4 Å². The molecule has 1 rings (SSSR count). The molecule has 8 heteroatoms. The van der Waals surface area contributed by atoms with Gasteiger partial charge in [-0.2, -0.15) is 4.68 Å². The summed E-state index contributed by atoms with van der Waals surface area (Å²) >= 11 is 0. The highest BCUT2D eigenvalue weighted by molar-refractivity contribution is 5.97. The summed E-state index contributed by atoms with van der Waals surface area (Å²) in [6.07, 6.45) is 1.24. The van der Waals surface area contributed by atoms with E-state index >= 15 is 0 Å². The summed E-state index contributed by atoms with van der Waals surface area (Å²) in [4.78, 5) is 28.6. The number of hydrogen-bond donors (Lipinski definition) is 1. The molecule has 1 aromatic rings. The standard InChI is InChI=1S/C11H18N4O4/c1-7(2)19-13-8(3)9-5-14(6-18-4)11(17)15(12)10(9)16/h5,7H,6,12H2,1-4H3/b13-8+. The maximum absolute atomic E-state index is 11.9. The monoisotopic (exact) mass is 270 g/mol. The van der Waals surface area contributed by atoms with Crippen molar-refractivity contribution in [2.45, 2.75) is 33.6 Å². The topological polar surface area (TPSA) is 101 Å². The van der Waals surface area contributed by atoms with Crippen molar-refractivity contribution in [3.63, 3.8) is 0 Å². The van der Waals surface area contributed by atoms with E-state index in [9.17, 15) is 9.59 Å². The van der Waals surface area contributed by atoms with Gasteiger partial charge in [0, 0.05) is 13.3 Å². The van der Waals surface area contributed by atoms with Crippen molar-refractivity contribution in [3.8, 4) is 0 Å². The Morgan fingerprint density at radius 3 is 2.63 bits per heavy atom. The lowest BCUT2D eigenvalue weighted by Crippen LogP contribution is -2.46. The Morgan fingerprint density at radius 1 is 1.47 bits per heavy atom. The van der Waals surface area contributed by atoms with Gasteiger partial charge in [0.1, 0.15) is 12.8 Å². The van der Waals surface area contributed by atoms with Crippen molar-refractivity contribution < 1.29 is 9.57 Å². The Hall–Kier alpha value is -2.09. The molecule has 0 aliphatic carbocycles. The van der Waals surface area contributed by atoms with E-state index < -0.39 is 11.2 Å². The van der Waals surface area contributed by atoms with Crippen LogP contribution in [0.25, 0.3) is 0 Å². The Bertz CT molecular complexity index is 585. The van der Waals surface area contributed by atoms with Gasteiger partial charge in [-0.25, -0.2) is 4.79 Å². The van der Waals surface area contributed by atoms with Gasteiger partial charge in [0.05, 0.1) is 11.3 Å². The van der Waals surface area contributed by atoms with Crippen LogP contribution in [0.1, 0.15) is 26.3 Å². The third-order valence-corrected chi connectivity index (χ3v) is 2.24. The number of oxime groups is 1. The van der Waals surface area contributed by atoms with Gasteiger partial charge in [-0.3, -0.25) is 9.36 Å². The Kier molecular flexibility index (Phi) is 4.87. The summed E-state index contributed by atoms with van der Waals surface area (Å²) in [6.45, 7) is 5.20. The molecule has 0 aliphatic rings. The number of ether oxygens (including phenoxy) is 1. The van der Waals surface area contributed by atoms with E-state index in [4.69, 9.17) is 15.4 Å². The maximum Gasteiger partial charge on any atom is 0.351 e. The molecule has 19 heavy (non-hydrogen) atoms. The van der Waals surface area contributed by atoms with Gasteiger partial charge in [0.25, 0.3) is 5.56 Å². The van der Waals surface area contributed by atoms with Crippen LogP contribution in [0.4, 0.5) is 0 Å². The minimum Gasteiger partial charge on any atom is -0.393 e. The minimum atomic E-state index is -0.659. The molecule has 0 spiro atoms. The van der Waals surface area contributed by atoms with Crippen LogP contribution in [0.3, 0.4) is 0 Å². The molecule has 0 unspecified atom stereocenters. The third kappa shape index (κ3) is 3.44. The normalized spacial score (nSPS) is 11.9. The molecule has 0 saturated carbocycles. The predicted molar refractivity (Wildman–Crippen MR) is 70.6 cm³/mol. The number of rotatable bonds is 5. The van der Waals surface area contributed by atoms with Crippen molar-refractivity contribution in [2.75, 3.05) is 13.0 Å². The van der Waals surface area contributed by atoms with Gasteiger partial charge in [-0.1, -0.05) is 5.16 Å². The van der Waals surface area contributed by atoms with Crippen molar-refractivity contribution in [1.82, 2.24) is 9.24 Å². The third-order valence-electron chi connectivity index (χ3n) is 2.24. The summed E-state index contributed by atoms with van der Waals surface area (Å²) in [5, 5.41) is 3.82.